The minimum absolute atomic E-state index is 0.274. The monoisotopic (exact) mass is 443 g/mol. The van der Waals surface area contributed by atoms with Crippen molar-refractivity contribution in [3.8, 4) is 11.5 Å². The van der Waals surface area contributed by atoms with Gasteiger partial charge in [-0.2, -0.15) is 0 Å². The molecule has 1 aromatic carbocycles. The molecule has 1 aromatic heterocycles. The number of thiophene rings is 1. The number of carbonyl (C=O) groups is 2. The smallest absolute Gasteiger partial charge is 0.278 e. The van der Waals surface area contributed by atoms with Crippen LogP contribution in [0.1, 0.15) is 4.88 Å². The van der Waals surface area contributed by atoms with Crippen molar-refractivity contribution in [1.29, 1.82) is 0 Å². The third kappa shape index (κ3) is 4.43. The number of methoxy groups -OCH3 is 2. The zero-order valence-corrected chi connectivity index (χ0v) is 18.4. The van der Waals surface area contributed by atoms with E-state index >= 15 is 0 Å². The molecule has 4 rings (SSSR count). The molecule has 8 nitrogen and oxygen atoms in total. The van der Waals surface area contributed by atoms with Crippen molar-refractivity contribution >= 4 is 34.4 Å². The van der Waals surface area contributed by atoms with Gasteiger partial charge in [-0.15, -0.1) is 11.3 Å². The molecule has 0 unspecified atom stereocenters. The molecule has 0 spiro atoms. The molecule has 164 valence electrons. The third-order valence-electron chi connectivity index (χ3n) is 5.33. The predicted octanol–water partition coefficient (Wildman–Crippen LogP) is 2.29. The average molecular weight is 444 g/mol. The normalized spacial score (nSPS) is 17.4. The molecule has 0 atom stereocenters. The maximum atomic E-state index is 13.3. The van der Waals surface area contributed by atoms with Gasteiger partial charge in [-0.1, -0.05) is 6.07 Å². The topological polar surface area (TPSA) is 80.3 Å². The first-order valence-electron chi connectivity index (χ1n) is 10.1. The highest BCUT2D eigenvalue weighted by Gasteiger charge is 2.39. The minimum atomic E-state index is -0.323. The number of carbonyl (C=O) groups excluding carboxylic acids is 2. The third-order valence-corrected chi connectivity index (χ3v) is 6.22. The van der Waals surface area contributed by atoms with Gasteiger partial charge in [-0.05, 0) is 23.6 Å². The minimum Gasteiger partial charge on any atom is -0.493 e. The van der Waals surface area contributed by atoms with Gasteiger partial charge in [-0.3, -0.25) is 19.4 Å². The Kier molecular flexibility index (Phi) is 6.55. The van der Waals surface area contributed by atoms with E-state index < -0.39 is 0 Å². The molecule has 0 aliphatic carbocycles. The Morgan fingerprint density at radius 2 is 1.81 bits per heavy atom. The van der Waals surface area contributed by atoms with Gasteiger partial charge in [-0.25, -0.2) is 0 Å². The first-order chi connectivity index (χ1) is 15.1. The molecule has 0 radical (unpaired) electrons. The summed E-state index contributed by atoms with van der Waals surface area (Å²) in [5, 5.41) is 5.05. The Balaban J connectivity index is 1.59. The molecule has 0 saturated carbocycles. The van der Waals surface area contributed by atoms with Crippen LogP contribution in [-0.4, -0.2) is 75.2 Å². The number of rotatable bonds is 8. The van der Waals surface area contributed by atoms with Gasteiger partial charge < -0.3 is 19.5 Å². The Labute approximate surface area is 185 Å². The maximum absolute atomic E-state index is 13.3. The van der Waals surface area contributed by atoms with Crippen LogP contribution >= 0.6 is 11.3 Å². The van der Waals surface area contributed by atoms with Crippen LogP contribution in [0.5, 0.6) is 11.5 Å². The van der Waals surface area contributed by atoms with Crippen molar-refractivity contribution in [3.63, 3.8) is 0 Å². The molecule has 1 saturated heterocycles. The lowest BCUT2D eigenvalue weighted by atomic mass is 10.2. The van der Waals surface area contributed by atoms with Gasteiger partial charge >= 0.3 is 0 Å². The molecular weight excluding hydrogens is 418 g/mol. The zero-order valence-electron chi connectivity index (χ0n) is 17.6. The highest BCUT2D eigenvalue weighted by atomic mass is 32.1. The number of benzene rings is 1. The van der Waals surface area contributed by atoms with E-state index in [2.05, 4.69) is 10.2 Å². The molecule has 0 bridgehead atoms. The molecule has 2 amide bonds. The van der Waals surface area contributed by atoms with E-state index in [0.717, 1.165) is 18.0 Å². The largest absolute Gasteiger partial charge is 0.493 e. The lowest BCUT2D eigenvalue weighted by molar-refractivity contribution is -0.137. The van der Waals surface area contributed by atoms with Gasteiger partial charge in [0.15, 0.2) is 11.5 Å². The Morgan fingerprint density at radius 3 is 2.48 bits per heavy atom. The average Bonchev–Trinajstić information content (AvgIpc) is 3.40. The van der Waals surface area contributed by atoms with Gasteiger partial charge in [0, 0.05) is 42.8 Å². The van der Waals surface area contributed by atoms with Gasteiger partial charge in [0.05, 0.1) is 33.0 Å². The second-order valence-corrected chi connectivity index (χ2v) is 8.09. The van der Waals surface area contributed by atoms with Crippen LogP contribution in [-0.2, 0) is 14.3 Å². The van der Waals surface area contributed by atoms with Gasteiger partial charge in [0.1, 0.15) is 5.70 Å². The highest BCUT2D eigenvalue weighted by Crippen LogP contribution is 2.35. The van der Waals surface area contributed by atoms with E-state index in [9.17, 15) is 9.59 Å². The molecule has 1 N–H and O–H groups in total. The van der Waals surface area contributed by atoms with E-state index in [4.69, 9.17) is 14.2 Å². The van der Waals surface area contributed by atoms with Crippen LogP contribution in [0, 0.1) is 0 Å². The van der Waals surface area contributed by atoms with Crippen LogP contribution in [0.15, 0.2) is 41.4 Å². The maximum Gasteiger partial charge on any atom is 0.278 e. The van der Waals surface area contributed by atoms with Crippen molar-refractivity contribution in [2.24, 2.45) is 0 Å². The number of nitrogens with one attached hydrogen (secondary N) is 1. The fourth-order valence-corrected chi connectivity index (χ4v) is 4.44. The number of amides is 2. The second kappa shape index (κ2) is 9.51. The summed E-state index contributed by atoms with van der Waals surface area (Å²) < 4.78 is 16.0. The lowest BCUT2D eigenvalue weighted by Crippen LogP contribution is -2.43. The molecule has 31 heavy (non-hydrogen) atoms. The standard InChI is InChI=1S/C22H25N3O5S/c1-28-16-6-5-15(14-17(16)29-2)23-20-19(18-4-3-13-31-18)21(26)25(22(20)27)8-7-24-9-11-30-12-10-24/h3-6,13-14,23H,7-12H2,1-2H3. The summed E-state index contributed by atoms with van der Waals surface area (Å²) in [6.45, 7) is 3.92. The first kappa shape index (κ1) is 21.4. The lowest BCUT2D eigenvalue weighted by Gasteiger charge is -2.28. The summed E-state index contributed by atoms with van der Waals surface area (Å²) in [6.07, 6.45) is 0. The van der Waals surface area contributed by atoms with E-state index in [-0.39, 0.29) is 17.5 Å². The second-order valence-electron chi connectivity index (χ2n) is 7.14. The molecule has 1 fully saturated rings. The number of hydrogen-bond acceptors (Lipinski definition) is 8. The van der Waals surface area contributed by atoms with E-state index in [1.165, 1.54) is 16.2 Å². The Morgan fingerprint density at radius 1 is 1.03 bits per heavy atom. The quantitative estimate of drug-likeness (QED) is 0.627. The summed E-state index contributed by atoms with van der Waals surface area (Å²) in [6, 6.07) is 9.01. The van der Waals surface area contributed by atoms with Crippen molar-refractivity contribution in [3.05, 3.63) is 46.3 Å². The summed E-state index contributed by atoms with van der Waals surface area (Å²) in [4.78, 5) is 30.8. The molecular formula is C22H25N3O5S. The number of imide groups is 1. The molecule has 2 aliphatic heterocycles. The van der Waals surface area contributed by atoms with Crippen LogP contribution < -0.4 is 14.8 Å². The molecule has 9 heteroatoms. The summed E-state index contributed by atoms with van der Waals surface area (Å²) in [5.74, 6) is 0.522. The molecule has 2 aromatic rings. The fourth-order valence-electron chi connectivity index (χ4n) is 3.67. The van der Waals surface area contributed by atoms with E-state index in [1.54, 1.807) is 32.4 Å². The summed E-state index contributed by atoms with van der Waals surface area (Å²) in [5.41, 5.74) is 1.32. The predicted molar refractivity (Wildman–Crippen MR) is 118 cm³/mol. The van der Waals surface area contributed by atoms with Crippen LogP contribution in [0.25, 0.3) is 5.57 Å². The van der Waals surface area contributed by atoms with Crippen LogP contribution in [0.2, 0.25) is 0 Å². The number of hydrogen-bond donors (Lipinski definition) is 1. The van der Waals surface area contributed by atoms with Crippen molar-refractivity contribution in [2.45, 2.75) is 0 Å². The molecule has 2 aliphatic rings. The number of anilines is 1. The van der Waals surface area contributed by atoms with E-state index in [0.29, 0.717) is 49.1 Å². The molecule has 3 heterocycles. The van der Waals surface area contributed by atoms with Crippen LogP contribution in [0.4, 0.5) is 5.69 Å². The SMILES string of the molecule is COc1ccc(NC2=C(c3cccs3)C(=O)N(CCN3CCOCC3)C2=O)cc1OC. The van der Waals surface area contributed by atoms with Gasteiger partial charge in [0.2, 0.25) is 0 Å². The van der Waals surface area contributed by atoms with E-state index in [1.807, 2.05) is 17.5 Å². The first-order valence-corrected chi connectivity index (χ1v) is 10.9. The highest BCUT2D eigenvalue weighted by molar-refractivity contribution is 7.11. The summed E-state index contributed by atoms with van der Waals surface area (Å²) in [7, 11) is 3.11. The fraction of sp³-hybridized carbons (Fsp3) is 0.364. The number of morpholine rings is 1. The Hall–Kier alpha value is -2.88. The number of ether oxygens (including phenoxy) is 3. The van der Waals surface area contributed by atoms with Crippen molar-refractivity contribution < 1.29 is 23.8 Å². The van der Waals surface area contributed by atoms with Crippen molar-refractivity contribution in [1.82, 2.24) is 9.80 Å². The Bertz CT molecular complexity index is 983. The van der Waals surface area contributed by atoms with Gasteiger partial charge in [0.25, 0.3) is 11.8 Å². The summed E-state index contributed by atoms with van der Waals surface area (Å²) >= 11 is 1.43. The zero-order chi connectivity index (χ0) is 21.8. The number of nitrogens with zero attached hydrogens (tertiary/aromatic N) is 2. The van der Waals surface area contributed by atoms with Crippen LogP contribution in [0.3, 0.4) is 0 Å². The van der Waals surface area contributed by atoms with Crippen molar-refractivity contribution in [2.75, 3.05) is 58.9 Å².